The van der Waals surface area contributed by atoms with Gasteiger partial charge >= 0.3 is 0 Å². The van der Waals surface area contributed by atoms with E-state index in [4.69, 9.17) is 14.2 Å². The van der Waals surface area contributed by atoms with Crippen LogP contribution < -0.4 is 14.2 Å². The molecule has 1 aromatic heterocycles. The third-order valence-corrected chi connectivity index (χ3v) is 4.81. The van der Waals surface area contributed by atoms with Crippen LogP contribution in [0.2, 0.25) is 0 Å². The maximum Gasteiger partial charge on any atom is 0.213 e. The number of nitrogens with zero attached hydrogens (tertiary/aromatic N) is 1. The second kappa shape index (κ2) is 10.3. The molecule has 0 radical (unpaired) electrons. The summed E-state index contributed by atoms with van der Waals surface area (Å²) in [6.07, 6.45) is 1.56. The standard InChI is InChI=1S/C28H25NO3/c1-21(31-28-13-6-7-18-29-28)20-30-26-11-8-12-27(19-26)32-25-16-14-24(15-17-25)22(2)23-9-4-3-5-10-23/h3-19,21H,2,20H2,1H3. The number of hydrogen-bond donors (Lipinski definition) is 0. The normalized spacial score (nSPS) is 11.4. The summed E-state index contributed by atoms with van der Waals surface area (Å²) in [4.78, 5) is 4.17. The van der Waals surface area contributed by atoms with Crippen LogP contribution >= 0.6 is 0 Å². The summed E-state index contributed by atoms with van der Waals surface area (Å²) in [5.74, 6) is 2.75. The Labute approximate surface area is 188 Å². The van der Waals surface area contributed by atoms with Gasteiger partial charge in [0.2, 0.25) is 5.88 Å². The smallest absolute Gasteiger partial charge is 0.213 e. The Morgan fingerprint density at radius 2 is 1.50 bits per heavy atom. The van der Waals surface area contributed by atoms with Gasteiger partial charge in [-0.05, 0) is 54.0 Å². The molecular formula is C28H25NO3. The van der Waals surface area contributed by atoms with Crippen LogP contribution in [0.25, 0.3) is 5.57 Å². The van der Waals surface area contributed by atoms with E-state index in [0.29, 0.717) is 24.0 Å². The van der Waals surface area contributed by atoms with Gasteiger partial charge in [0.05, 0.1) is 0 Å². The highest BCUT2D eigenvalue weighted by Crippen LogP contribution is 2.28. The van der Waals surface area contributed by atoms with Gasteiger partial charge in [-0.3, -0.25) is 0 Å². The highest BCUT2D eigenvalue weighted by atomic mass is 16.5. The molecule has 0 fully saturated rings. The third kappa shape index (κ3) is 5.76. The fourth-order valence-electron chi connectivity index (χ4n) is 3.16. The minimum atomic E-state index is -0.139. The van der Waals surface area contributed by atoms with Gasteiger partial charge in [-0.25, -0.2) is 4.98 Å². The van der Waals surface area contributed by atoms with Crippen LogP contribution in [0.5, 0.6) is 23.1 Å². The Balaban J connectivity index is 1.34. The Bertz CT molecular complexity index is 1140. The lowest BCUT2D eigenvalue weighted by Crippen LogP contribution is -2.21. The lowest BCUT2D eigenvalue weighted by Gasteiger charge is -2.15. The molecule has 160 valence electrons. The summed E-state index contributed by atoms with van der Waals surface area (Å²) < 4.78 is 17.6. The maximum atomic E-state index is 6.01. The van der Waals surface area contributed by atoms with Gasteiger partial charge in [0.1, 0.15) is 30.0 Å². The quantitative estimate of drug-likeness (QED) is 0.297. The van der Waals surface area contributed by atoms with Crippen LogP contribution in [0.3, 0.4) is 0 Å². The topological polar surface area (TPSA) is 40.6 Å². The minimum absolute atomic E-state index is 0.139. The van der Waals surface area contributed by atoms with E-state index in [1.54, 1.807) is 6.20 Å². The van der Waals surface area contributed by atoms with Crippen LogP contribution in [-0.2, 0) is 0 Å². The van der Waals surface area contributed by atoms with E-state index in [9.17, 15) is 0 Å². The van der Waals surface area contributed by atoms with Crippen molar-refractivity contribution in [2.24, 2.45) is 0 Å². The van der Waals surface area contributed by atoms with E-state index in [1.165, 1.54) is 0 Å². The first kappa shape index (κ1) is 21.2. The average molecular weight is 424 g/mol. The zero-order valence-electron chi connectivity index (χ0n) is 18.0. The fourth-order valence-corrected chi connectivity index (χ4v) is 3.16. The van der Waals surface area contributed by atoms with E-state index in [0.717, 1.165) is 22.4 Å². The maximum absolute atomic E-state index is 6.01. The molecule has 0 aliphatic heterocycles. The molecule has 0 aliphatic rings. The highest BCUT2D eigenvalue weighted by Gasteiger charge is 2.08. The first-order chi connectivity index (χ1) is 15.7. The summed E-state index contributed by atoms with van der Waals surface area (Å²) in [6.45, 7) is 6.55. The van der Waals surface area contributed by atoms with Gasteiger partial charge in [0, 0.05) is 18.3 Å². The highest BCUT2D eigenvalue weighted by molar-refractivity contribution is 5.78. The first-order valence-corrected chi connectivity index (χ1v) is 10.5. The fraction of sp³-hybridized carbons (Fsp3) is 0.107. The molecule has 4 rings (SSSR count). The summed E-state index contributed by atoms with van der Waals surface area (Å²) in [5.41, 5.74) is 3.14. The molecule has 0 spiro atoms. The number of rotatable bonds is 9. The van der Waals surface area contributed by atoms with Gasteiger partial charge in [0.25, 0.3) is 0 Å². The lowest BCUT2D eigenvalue weighted by molar-refractivity contribution is 0.138. The van der Waals surface area contributed by atoms with Gasteiger partial charge in [-0.2, -0.15) is 0 Å². The van der Waals surface area contributed by atoms with Gasteiger partial charge in [-0.1, -0.05) is 61.2 Å². The SMILES string of the molecule is C=C(c1ccccc1)c1ccc(Oc2cccc(OCC(C)Oc3ccccn3)c2)cc1. The van der Waals surface area contributed by atoms with E-state index < -0.39 is 0 Å². The van der Waals surface area contributed by atoms with Gasteiger partial charge in [0.15, 0.2) is 0 Å². The van der Waals surface area contributed by atoms with E-state index in [1.807, 2.05) is 91.9 Å². The van der Waals surface area contributed by atoms with E-state index in [-0.39, 0.29) is 6.10 Å². The van der Waals surface area contributed by atoms with Crippen molar-refractivity contribution in [2.75, 3.05) is 6.61 Å². The number of hydrogen-bond acceptors (Lipinski definition) is 4. The Kier molecular flexibility index (Phi) is 6.83. The summed E-state index contributed by atoms with van der Waals surface area (Å²) >= 11 is 0. The molecule has 1 heterocycles. The second-order valence-corrected chi connectivity index (χ2v) is 7.35. The number of pyridine rings is 1. The first-order valence-electron chi connectivity index (χ1n) is 10.5. The third-order valence-electron chi connectivity index (χ3n) is 4.81. The molecule has 0 amide bonds. The van der Waals surface area contributed by atoms with E-state index in [2.05, 4.69) is 23.7 Å². The molecule has 0 N–H and O–H groups in total. The molecule has 32 heavy (non-hydrogen) atoms. The van der Waals surface area contributed by atoms with Crippen LogP contribution in [0.1, 0.15) is 18.1 Å². The molecule has 3 aromatic carbocycles. The molecule has 0 bridgehead atoms. The summed E-state index contributed by atoms with van der Waals surface area (Å²) in [7, 11) is 0. The van der Waals surface area contributed by atoms with Crippen molar-refractivity contribution in [3.8, 4) is 23.1 Å². The molecule has 0 saturated carbocycles. The minimum Gasteiger partial charge on any atom is -0.490 e. The van der Waals surface area contributed by atoms with Crippen molar-refractivity contribution < 1.29 is 14.2 Å². The Morgan fingerprint density at radius 3 is 2.25 bits per heavy atom. The van der Waals surface area contributed by atoms with Crippen molar-refractivity contribution >= 4 is 5.57 Å². The summed E-state index contributed by atoms with van der Waals surface area (Å²) in [6, 6.07) is 31.2. The van der Waals surface area contributed by atoms with Crippen molar-refractivity contribution in [2.45, 2.75) is 13.0 Å². The summed E-state index contributed by atoms with van der Waals surface area (Å²) in [5, 5.41) is 0. The largest absolute Gasteiger partial charge is 0.490 e. The molecular weight excluding hydrogens is 398 g/mol. The number of ether oxygens (including phenoxy) is 3. The molecule has 0 aliphatic carbocycles. The molecule has 0 saturated heterocycles. The predicted molar refractivity (Wildman–Crippen MR) is 127 cm³/mol. The van der Waals surface area contributed by atoms with E-state index >= 15 is 0 Å². The second-order valence-electron chi connectivity index (χ2n) is 7.35. The molecule has 4 heteroatoms. The molecule has 4 nitrogen and oxygen atoms in total. The number of benzene rings is 3. The monoisotopic (exact) mass is 423 g/mol. The number of aromatic nitrogens is 1. The van der Waals surface area contributed by atoms with Gasteiger partial charge in [-0.15, -0.1) is 0 Å². The Hall–Kier alpha value is -4.05. The zero-order valence-corrected chi connectivity index (χ0v) is 18.0. The Morgan fingerprint density at radius 1 is 0.781 bits per heavy atom. The van der Waals surface area contributed by atoms with Crippen molar-refractivity contribution in [3.63, 3.8) is 0 Å². The van der Waals surface area contributed by atoms with Crippen LogP contribution in [-0.4, -0.2) is 17.7 Å². The predicted octanol–water partition coefficient (Wildman–Crippen LogP) is 6.78. The van der Waals surface area contributed by atoms with Crippen molar-refractivity contribution in [1.29, 1.82) is 0 Å². The van der Waals surface area contributed by atoms with Crippen molar-refractivity contribution in [1.82, 2.24) is 4.98 Å². The lowest BCUT2D eigenvalue weighted by atomic mass is 10.00. The van der Waals surface area contributed by atoms with Crippen molar-refractivity contribution in [3.05, 3.63) is 121 Å². The zero-order chi connectivity index (χ0) is 22.2. The average Bonchev–Trinajstić information content (AvgIpc) is 2.84. The van der Waals surface area contributed by atoms with Crippen LogP contribution in [0.15, 0.2) is 110 Å². The van der Waals surface area contributed by atoms with Gasteiger partial charge < -0.3 is 14.2 Å². The van der Waals surface area contributed by atoms with Crippen LogP contribution in [0, 0.1) is 0 Å². The molecule has 4 aromatic rings. The molecule has 1 atom stereocenters. The molecule has 1 unspecified atom stereocenters. The van der Waals surface area contributed by atoms with Crippen LogP contribution in [0.4, 0.5) is 0 Å².